The van der Waals surface area contributed by atoms with Gasteiger partial charge >= 0.3 is 0 Å². The highest BCUT2D eigenvalue weighted by molar-refractivity contribution is 5.80. The third-order valence-electron chi connectivity index (χ3n) is 5.07. The minimum Gasteiger partial charge on any atom is -0.492 e. The average Bonchev–Trinajstić information content (AvgIpc) is 3.07. The Morgan fingerprint density at radius 3 is 3.04 bits per heavy atom. The molecular formula is C18H22N4O2. The van der Waals surface area contributed by atoms with E-state index in [9.17, 15) is 4.79 Å². The molecule has 6 nitrogen and oxygen atoms in total. The molecule has 0 unspecified atom stereocenters. The highest BCUT2D eigenvalue weighted by Gasteiger charge is 2.33. The van der Waals surface area contributed by atoms with Crippen molar-refractivity contribution < 1.29 is 9.53 Å². The summed E-state index contributed by atoms with van der Waals surface area (Å²) in [6.07, 6.45) is 4.55. The number of amides is 1. The molecule has 1 saturated heterocycles. The van der Waals surface area contributed by atoms with Crippen molar-refractivity contribution in [3.05, 3.63) is 42.0 Å². The number of benzene rings is 1. The number of fused-ring (bicyclic) bond motifs is 1. The Balaban J connectivity index is 1.46. The zero-order valence-corrected chi connectivity index (χ0v) is 13.9. The van der Waals surface area contributed by atoms with Crippen LogP contribution in [-0.2, 0) is 18.3 Å². The molecule has 0 aliphatic carbocycles. The third kappa shape index (κ3) is 2.77. The second-order valence-electron chi connectivity index (χ2n) is 6.74. The minimum atomic E-state index is -0.0850. The van der Waals surface area contributed by atoms with E-state index in [0.717, 1.165) is 49.5 Å². The van der Waals surface area contributed by atoms with Crippen LogP contribution in [-0.4, -0.2) is 45.3 Å². The van der Waals surface area contributed by atoms with Gasteiger partial charge in [0.05, 0.1) is 5.92 Å². The molecule has 2 aliphatic heterocycles. The van der Waals surface area contributed by atoms with Crippen molar-refractivity contribution in [1.29, 1.82) is 0 Å². The molecule has 2 aromatic rings. The van der Waals surface area contributed by atoms with Crippen LogP contribution in [0, 0.1) is 5.92 Å². The van der Waals surface area contributed by atoms with E-state index < -0.39 is 0 Å². The summed E-state index contributed by atoms with van der Waals surface area (Å²) >= 11 is 0. The number of ether oxygens (including phenoxy) is 1. The highest BCUT2D eigenvalue weighted by Crippen LogP contribution is 2.30. The number of hydrogen-bond acceptors (Lipinski definition) is 4. The molecule has 24 heavy (non-hydrogen) atoms. The van der Waals surface area contributed by atoms with Crippen molar-refractivity contribution in [2.45, 2.75) is 25.2 Å². The number of para-hydroxylation sites is 1. The summed E-state index contributed by atoms with van der Waals surface area (Å²) in [4.78, 5) is 15.0. The lowest BCUT2D eigenvalue weighted by Crippen LogP contribution is -2.45. The third-order valence-corrected chi connectivity index (χ3v) is 5.07. The van der Waals surface area contributed by atoms with Gasteiger partial charge in [-0.2, -0.15) is 0 Å². The molecule has 0 radical (unpaired) electrons. The summed E-state index contributed by atoms with van der Waals surface area (Å²) < 4.78 is 7.75. The number of aromatic nitrogens is 3. The molecule has 1 fully saturated rings. The second kappa shape index (κ2) is 6.26. The van der Waals surface area contributed by atoms with Gasteiger partial charge in [0.1, 0.15) is 24.5 Å². The molecule has 0 N–H and O–H groups in total. The van der Waals surface area contributed by atoms with E-state index in [0.29, 0.717) is 6.61 Å². The van der Waals surface area contributed by atoms with Gasteiger partial charge in [-0.15, -0.1) is 10.2 Å². The molecule has 1 aromatic heterocycles. The topological polar surface area (TPSA) is 60.2 Å². The summed E-state index contributed by atoms with van der Waals surface area (Å²) in [5.41, 5.74) is 1.13. The number of aryl methyl sites for hydroxylation is 1. The average molecular weight is 326 g/mol. The van der Waals surface area contributed by atoms with E-state index in [4.69, 9.17) is 4.74 Å². The molecule has 2 atom stereocenters. The number of piperidine rings is 1. The molecular weight excluding hydrogens is 304 g/mol. The molecule has 1 amide bonds. The van der Waals surface area contributed by atoms with Crippen molar-refractivity contribution in [1.82, 2.24) is 19.7 Å². The fourth-order valence-electron chi connectivity index (χ4n) is 3.79. The monoisotopic (exact) mass is 326 g/mol. The first-order valence-corrected chi connectivity index (χ1v) is 8.56. The van der Waals surface area contributed by atoms with Crippen LogP contribution in [0.3, 0.4) is 0 Å². The number of hydrogen-bond donors (Lipinski definition) is 0. The van der Waals surface area contributed by atoms with Gasteiger partial charge < -0.3 is 14.2 Å². The molecule has 2 aliphatic rings. The Morgan fingerprint density at radius 2 is 2.21 bits per heavy atom. The zero-order valence-electron chi connectivity index (χ0n) is 13.9. The maximum Gasteiger partial charge on any atom is 0.229 e. The van der Waals surface area contributed by atoms with Gasteiger partial charge in [0, 0.05) is 26.1 Å². The van der Waals surface area contributed by atoms with Crippen molar-refractivity contribution in [2.75, 3.05) is 19.7 Å². The number of nitrogens with zero attached hydrogens (tertiary/aromatic N) is 4. The molecule has 1 aromatic carbocycles. The largest absolute Gasteiger partial charge is 0.492 e. The molecule has 4 rings (SSSR count). The van der Waals surface area contributed by atoms with Crippen LogP contribution in [0.15, 0.2) is 30.6 Å². The van der Waals surface area contributed by atoms with E-state index in [2.05, 4.69) is 10.2 Å². The van der Waals surface area contributed by atoms with Crippen LogP contribution in [0.5, 0.6) is 5.75 Å². The van der Waals surface area contributed by atoms with Crippen LogP contribution in [0.4, 0.5) is 0 Å². The maximum absolute atomic E-state index is 13.0. The summed E-state index contributed by atoms with van der Waals surface area (Å²) in [5.74, 6) is 2.27. The second-order valence-corrected chi connectivity index (χ2v) is 6.74. The smallest absolute Gasteiger partial charge is 0.229 e. The quantitative estimate of drug-likeness (QED) is 0.844. The predicted molar refractivity (Wildman–Crippen MR) is 88.7 cm³/mol. The number of likely N-dealkylation sites (tertiary alicyclic amines) is 1. The normalized spacial score (nSPS) is 23.5. The molecule has 0 saturated carbocycles. The highest BCUT2D eigenvalue weighted by atomic mass is 16.5. The van der Waals surface area contributed by atoms with Crippen LogP contribution in [0.1, 0.15) is 30.1 Å². The van der Waals surface area contributed by atoms with Gasteiger partial charge in [0.25, 0.3) is 0 Å². The van der Waals surface area contributed by atoms with Crippen molar-refractivity contribution in [3.63, 3.8) is 0 Å². The standard InChI is InChI=1S/C18H22N4O2/c1-21-12-19-20-17(21)14-6-4-8-22(10-14)18(23)15-9-13-5-2-3-7-16(13)24-11-15/h2-3,5,7,12,14-15H,4,6,8-11H2,1H3/t14-,15-/m0/s1. The van der Waals surface area contributed by atoms with E-state index in [1.165, 1.54) is 0 Å². The first-order valence-electron chi connectivity index (χ1n) is 8.56. The van der Waals surface area contributed by atoms with E-state index in [1.54, 1.807) is 6.33 Å². The fraction of sp³-hybridized carbons (Fsp3) is 0.500. The number of carbonyl (C=O) groups is 1. The SMILES string of the molecule is Cn1cnnc1[C@H]1CCCN(C(=O)[C@@H]2COc3ccccc3C2)C1. The van der Waals surface area contributed by atoms with E-state index >= 15 is 0 Å². The van der Waals surface area contributed by atoms with Gasteiger partial charge in [0.2, 0.25) is 5.91 Å². The summed E-state index contributed by atoms with van der Waals surface area (Å²) in [6.45, 7) is 2.02. The molecule has 6 heteroatoms. The summed E-state index contributed by atoms with van der Waals surface area (Å²) in [7, 11) is 1.96. The lowest BCUT2D eigenvalue weighted by Gasteiger charge is -2.35. The minimum absolute atomic E-state index is 0.0850. The van der Waals surface area contributed by atoms with Gasteiger partial charge in [-0.3, -0.25) is 4.79 Å². The zero-order chi connectivity index (χ0) is 16.5. The van der Waals surface area contributed by atoms with Crippen molar-refractivity contribution >= 4 is 5.91 Å². The van der Waals surface area contributed by atoms with Crippen molar-refractivity contribution in [2.24, 2.45) is 13.0 Å². The van der Waals surface area contributed by atoms with Crippen LogP contribution in [0.2, 0.25) is 0 Å². The van der Waals surface area contributed by atoms with Crippen LogP contribution in [0.25, 0.3) is 0 Å². The Kier molecular flexibility index (Phi) is 3.96. The predicted octanol–water partition coefficient (Wildman–Crippen LogP) is 1.77. The van der Waals surface area contributed by atoms with E-state index in [-0.39, 0.29) is 17.7 Å². The molecule has 3 heterocycles. The van der Waals surface area contributed by atoms with Crippen LogP contribution >= 0.6 is 0 Å². The molecule has 126 valence electrons. The number of rotatable bonds is 2. The maximum atomic E-state index is 13.0. The van der Waals surface area contributed by atoms with E-state index in [1.807, 2.05) is 40.8 Å². The molecule has 0 spiro atoms. The first kappa shape index (κ1) is 15.2. The van der Waals surface area contributed by atoms with Gasteiger partial charge in [0.15, 0.2) is 0 Å². The van der Waals surface area contributed by atoms with Crippen LogP contribution < -0.4 is 4.74 Å². The van der Waals surface area contributed by atoms with Gasteiger partial charge in [-0.05, 0) is 30.9 Å². The fourth-order valence-corrected chi connectivity index (χ4v) is 3.79. The summed E-state index contributed by atoms with van der Waals surface area (Å²) in [5, 5.41) is 8.20. The van der Waals surface area contributed by atoms with Gasteiger partial charge in [-0.25, -0.2) is 0 Å². The Hall–Kier alpha value is -2.37. The lowest BCUT2D eigenvalue weighted by molar-refractivity contribution is -0.138. The number of carbonyl (C=O) groups excluding carboxylic acids is 1. The Bertz CT molecular complexity index is 742. The first-order chi connectivity index (χ1) is 11.7. The Labute approximate surface area is 141 Å². The molecule has 0 bridgehead atoms. The summed E-state index contributed by atoms with van der Waals surface area (Å²) in [6, 6.07) is 7.99. The van der Waals surface area contributed by atoms with Crippen molar-refractivity contribution in [3.8, 4) is 5.75 Å². The Morgan fingerprint density at radius 1 is 1.33 bits per heavy atom. The lowest BCUT2D eigenvalue weighted by atomic mass is 9.92. The van der Waals surface area contributed by atoms with Gasteiger partial charge in [-0.1, -0.05) is 18.2 Å².